The molecule has 21 heavy (non-hydrogen) atoms. The first kappa shape index (κ1) is 15.6. The zero-order chi connectivity index (χ0) is 14.8. The average molecular weight is 289 g/mol. The second-order valence-corrected chi connectivity index (χ2v) is 5.49. The summed E-state index contributed by atoms with van der Waals surface area (Å²) in [7, 11) is 0. The Kier molecular flexibility index (Phi) is 6.84. The number of guanidine groups is 1. The van der Waals surface area contributed by atoms with Crippen LogP contribution in [-0.2, 0) is 0 Å². The summed E-state index contributed by atoms with van der Waals surface area (Å²) in [6, 6.07) is 5.89. The van der Waals surface area contributed by atoms with Gasteiger partial charge in [-0.2, -0.15) is 0 Å². The van der Waals surface area contributed by atoms with Crippen LogP contribution in [0.15, 0.2) is 29.4 Å². The molecule has 2 heterocycles. The Bertz CT molecular complexity index is 410. The number of hydrogen-bond donors (Lipinski definition) is 2. The van der Waals surface area contributed by atoms with Crippen molar-refractivity contribution in [3.8, 4) is 0 Å². The fourth-order valence-corrected chi connectivity index (χ4v) is 2.51. The van der Waals surface area contributed by atoms with E-state index >= 15 is 0 Å². The first-order valence-electron chi connectivity index (χ1n) is 8.06. The number of likely N-dealkylation sites (tertiary alicyclic amines) is 1. The molecule has 1 aliphatic heterocycles. The predicted octanol–water partition coefficient (Wildman–Crippen LogP) is 2.46. The topological polar surface area (TPSA) is 66.5 Å². The van der Waals surface area contributed by atoms with Gasteiger partial charge in [0.05, 0.1) is 0 Å². The molecule has 0 aliphatic carbocycles. The lowest BCUT2D eigenvalue weighted by molar-refractivity contribution is 0.428. The highest BCUT2D eigenvalue weighted by Crippen LogP contribution is 2.09. The molecule has 0 atom stereocenters. The molecule has 0 bridgehead atoms. The van der Waals surface area contributed by atoms with Crippen LogP contribution in [0.1, 0.15) is 38.5 Å². The lowest BCUT2D eigenvalue weighted by Gasteiger charge is -2.21. The predicted molar refractivity (Wildman–Crippen MR) is 88.5 cm³/mol. The summed E-state index contributed by atoms with van der Waals surface area (Å²) in [4.78, 5) is 11.0. The van der Waals surface area contributed by atoms with Crippen LogP contribution in [-0.4, -0.2) is 42.0 Å². The summed E-state index contributed by atoms with van der Waals surface area (Å²) in [6.45, 7) is 3.87. The summed E-state index contributed by atoms with van der Waals surface area (Å²) >= 11 is 0. The standard InChI is InChI=1S/C16H27N5/c17-16(21-13-7-1-2-8-14-21)20-12-6-5-11-19-15-9-3-4-10-18-15/h3-4,9-10H,1-2,5-8,11-14H2,(H2,17,20)(H,18,19). The van der Waals surface area contributed by atoms with Crippen LogP contribution >= 0.6 is 0 Å². The van der Waals surface area contributed by atoms with Gasteiger partial charge in [-0.15, -0.1) is 0 Å². The average Bonchev–Trinajstić information content (AvgIpc) is 2.81. The second-order valence-electron chi connectivity index (χ2n) is 5.49. The maximum absolute atomic E-state index is 6.07. The third-order valence-electron chi connectivity index (χ3n) is 3.76. The van der Waals surface area contributed by atoms with Crippen molar-refractivity contribution in [1.82, 2.24) is 9.88 Å². The summed E-state index contributed by atoms with van der Waals surface area (Å²) in [6.07, 6.45) is 9.05. The van der Waals surface area contributed by atoms with Crippen LogP contribution in [0.2, 0.25) is 0 Å². The molecule has 116 valence electrons. The van der Waals surface area contributed by atoms with E-state index in [1.807, 2.05) is 18.2 Å². The highest BCUT2D eigenvalue weighted by Gasteiger charge is 2.10. The van der Waals surface area contributed by atoms with Crippen molar-refractivity contribution in [3.05, 3.63) is 24.4 Å². The summed E-state index contributed by atoms with van der Waals surface area (Å²) < 4.78 is 0. The number of nitrogens with one attached hydrogen (secondary N) is 1. The van der Waals surface area contributed by atoms with Crippen molar-refractivity contribution >= 4 is 11.8 Å². The van der Waals surface area contributed by atoms with Crippen LogP contribution in [0, 0.1) is 0 Å². The van der Waals surface area contributed by atoms with E-state index in [1.165, 1.54) is 25.7 Å². The number of nitrogens with two attached hydrogens (primary N) is 1. The number of anilines is 1. The third-order valence-corrected chi connectivity index (χ3v) is 3.76. The maximum Gasteiger partial charge on any atom is 0.191 e. The summed E-state index contributed by atoms with van der Waals surface area (Å²) in [5.41, 5.74) is 6.07. The normalized spacial score (nSPS) is 16.6. The minimum atomic E-state index is 0.731. The minimum absolute atomic E-state index is 0.731. The van der Waals surface area contributed by atoms with E-state index in [-0.39, 0.29) is 0 Å². The van der Waals surface area contributed by atoms with E-state index in [0.29, 0.717) is 0 Å². The Morgan fingerprint density at radius 1 is 1.19 bits per heavy atom. The molecule has 5 nitrogen and oxygen atoms in total. The van der Waals surface area contributed by atoms with Crippen molar-refractivity contribution in [1.29, 1.82) is 0 Å². The van der Waals surface area contributed by atoms with Gasteiger partial charge < -0.3 is 16.0 Å². The number of aromatic nitrogens is 1. The molecule has 3 N–H and O–H groups in total. The maximum atomic E-state index is 6.07. The molecule has 0 spiro atoms. The Balaban J connectivity index is 1.58. The molecule has 0 radical (unpaired) electrons. The van der Waals surface area contributed by atoms with Gasteiger partial charge in [-0.25, -0.2) is 4.98 Å². The van der Waals surface area contributed by atoms with Gasteiger partial charge in [-0.05, 0) is 37.8 Å². The molecule has 1 fully saturated rings. The molecule has 0 amide bonds. The van der Waals surface area contributed by atoms with E-state index < -0.39 is 0 Å². The lowest BCUT2D eigenvalue weighted by Crippen LogP contribution is -2.38. The van der Waals surface area contributed by atoms with Gasteiger partial charge in [-0.1, -0.05) is 18.9 Å². The van der Waals surface area contributed by atoms with Crippen LogP contribution in [0.25, 0.3) is 0 Å². The number of aliphatic imine (C=N–C) groups is 1. The first-order valence-corrected chi connectivity index (χ1v) is 8.06. The van der Waals surface area contributed by atoms with E-state index in [1.54, 1.807) is 6.20 Å². The SMILES string of the molecule is NC(=NCCCCNc1ccccn1)N1CCCCCC1. The van der Waals surface area contributed by atoms with Gasteiger partial charge in [0.1, 0.15) is 5.82 Å². The number of hydrogen-bond acceptors (Lipinski definition) is 3. The number of nitrogens with zero attached hydrogens (tertiary/aromatic N) is 3. The second kappa shape index (κ2) is 9.21. The van der Waals surface area contributed by atoms with Gasteiger partial charge in [0.2, 0.25) is 0 Å². The van der Waals surface area contributed by atoms with Crippen molar-refractivity contribution in [2.45, 2.75) is 38.5 Å². The van der Waals surface area contributed by atoms with Crippen molar-refractivity contribution < 1.29 is 0 Å². The van der Waals surface area contributed by atoms with Crippen molar-refractivity contribution in [3.63, 3.8) is 0 Å². The van der Waals surface area contributed by atoms with Gasteiger partial charge in [0, 0.05) is 32.4 Å². The zero-order valence-corrected chi connectivity index (χ0v) is 12.8. The van der Waals surface area contributed by atoms with Gasteiger partial charge >= 0.3 is 0 Å². The highest BCUT2D eigenvalue weighted by atomic mass is 15.2. The monoisotopic (exact) mass is 289 g/mol. The van der Waals surface area contributed by atoms with Gasteiger partial charge in [0.25, 0.3) is 0 Å². The van der Waals surface area contributed by atoms with Crippen LogP contribution in [0.3, 0.4) is 0 Å². The molecule has 1 aromatic heterocycles. The molecule has 1 saturated heterocycles. The Morgan fingerprint density at radius 2 is 2.00 bits per heavy atom. The Labute approximate surface area is 127 Å². The fourth-order valence-electron chi connectivity index (χ4n) is 2.51. The fraction of sp³-hybridized carbons (Fsp3) is 0.625. The first-order chi connectivity index (χ1) is 10.4. The number of pyridine rings is 1. The summed E-state index contributed by atoms with van der Waals surface area (Å²) in [5, 5.41) is 3.30. The molecule has 0 unspecified atom stereocenters. The van der Waals surface area contributed by atoms with Gasteiger partial charge in [-0.3, -0.25) is 4.99 Å². The van der Waals surface area contributed by atoms with Crippen molar-refractivity contribution in [2.24, 2.45) is 10.7 Å². The molecule has 0 aromatic carbocycles. The summed E-state index contributed by atoms with van der Waals surface area (Å²) in [5.74, 6) is 1.67. The minimum Gasteiger partial charge on any atom is -0.370 e. The van der Waals surface area contributed by atoms with Crippen molar-refractivity contribution in [2.75, 3.05) is 31.5 Å². The largest absolute Gasteiger partial charge is 0.370 e. The molecule has 2 rings (SSSR count). The molecule has 1 aliphatic rings. The van der Waals surface area contributed by atoms with E-state index in [0.717, 1.165) is 50.8 Å². The highest BCUT2D eigenvalue weighted by molar-refractivity contribution is 5.78. The number of unbranched alkanes of at least 4 members (excludes halogenated alkanes) is 1. The molecular weight excluding hydrogens is 262 g/mol. The Hall–Kier alpha value is -1.78. The smallest absolute Gasteiger partial charge is 0.191 e. The van der Waals surface area contributed by atoms with Gasteiger partial charge in [0.15, 0.2) is 5.96 Å². The lowest BCUT2D eigenvalue weighted by atomic mass is 10.2. The molecule has 0 saturated carbocycles. The zero-order valence-electron chi connectivity index (χ0n) is 12.8. The molecule has 1 aromatic rings. The van der Waals surface area contributed by atoms with Crippen LogP contribution < -0.4 is 11.1 Å². The third kappa shape index (κ3) is 6.02. The van der Waals surface area contributed by atoms with E-state index in [2.05, 4.69) is 20.2 Å². The Morgan fingerprint density at radius 3 is 2.71 bits per heavy atom. The molecular formula is C16H27N5. The quantitative estimate of drug-likeness (QED) is 0.479. The van der Waals surface area contributed by atoms with E-state index in [4.69, 9.17) is 5.73 Å². The molecule has 5 heteroatoms. The van der Waals surface area contributed by atoms with Crippen LogP contribution in [0.5, 0.6) is 0 Å². The van der Waals surface area contributed by atoms with E-state index in [9.17, 15) is 0 Å². The van der Waals surface area contributed by atoms with Crippen LogP contribution in [0.4, 0.5) is 5.82 Å². The number of rotatable bonds is 6.